The summed E-state index contributed by atoms with van der Waals surface area (Å²) in [7, 11) is 0. The molecule has 1 nitrogen and oxygen atoms in total. The molecule has 0 amide bonds. The normalized spacial score (nSPS) is 25.7. The van der Waals surface area contributed by atoms with Crippen LogP contribution in [0.4, 0.5) is 0 Å². The summed E-state index contributed by atoms with van der Waals surface area (Å²) in [4.78, 5) is 0. The smallest absolute Gasteiger partial charge is 0.123 e. The van der Waals surface area contributed by atoms with Crippen LogP contribution in [-0.4, -0.2) is 11.0 Å². The van der Waals surface area contributed by atoms with Crippen LogP contribution in [0.2, 0.25) is 0 Å². The van der Waals surface area contributed by atoms with Crippen LogP contribution in [0.15, 0.2) is 18.2 Å². The highest BCUT2D eigenvalue weighted by Crippen LogP contribution is 2.40. The van der Waals surface area contributed by atoms with Gasteiger partial charge in [-0.25, -0.2) is 0 Å². The van der Waals surface area contributed by atoms with E-state index in [2.05, 4.69) is 25.1 Å². The van der Waals surface area contributed by atoms with Gasteiger partial charge in [0.05, 0.1) is 0 Å². The maximum absolute atomic E-state index is 6.77. The Hall–Kier alpha value is -0.690. The van der Waals surface area contributed by atoms with E-state index >= 15 is 0 Å². The highest BCUT2D eigenvalue weighted by atomic mass is 35.5. The van der Waals surface area contributed by atoms with Crippen molar-refractivity contribution in [2.24, 2.45) is 0 Å². The predicted molar refractivity (Wildman–Crippen MR) is 103 cm³/mol. The molecule has 0 saturated heterocycles. The molecule has 1 fully saturated rings. The number of alkyl halides is 1. The van der Waals surface area contributed by atoms with Gasteiger partial charge in [-0.05, 0) is 50.7 Å². The Kier molecular flexibility index (Phi) is 6.49. The van der Waals surface area contributed by atoms with Crippen LogP contribution in [0.5, 0.6) is 5.75 Å². The lowest BCUT2D eigenvalue weighted by molar-refractivity contribution is 0.0395. The quantitative estimate of drug-likeness (QED) is 0.460. The molecule has 0 N–H and O–H groups in total. The molecule has 134 valence electrons. The Bertz CT molecular complexity index is 513. The Balaban J connectivity index is 1.79. The second kappa shape index (κ2) is 8.61. The number of benzene rings is 1. The first-order valence-corrected chi connectivity index (χ1v) is 10.5. The fraction of sp³-hybridized carbons (Fsp3) is 0.727. The zero-order valence-electron chi connectivity index (χ0n) is 15.3. The van der Waals surface area contributed by atoms with Gasteiger partial charge in [0.1, 0.15) is 11.4 Å². The number of halogens is 1. The molecule has 0 radical (unpaired) electrons. The number of hydrogen-bond donors (Lipinski definition) is 0. The summed E-state index contributed by atoms with van der Waals surface area (Å²) in [6, 6.07) is 6.62. The molecule has 1 unspecified atom stereocenters. The van der Waals surface area contributed by atoms with Gasteiger partial charge in [-0.2, -0.15) is 0 Å². The third-order valence-electron chi connectivity index (χ3n) is 5.84. The molecule has 1 aliphatic heterocycles. The standard InChI is InChI=1S/C22H33ClO/c1-18-11-12-21-19(15-18)16-20(23)17-22(24-21)13-9-7-5-3-2-4-6-8-10-14-22/h11-12,15,20H,2-10,13-14,16-17H2,1H3. The fourth-order valence-corrected chi connectivity index (χ4v) is 4.97. The summed E-state index contributed by atoms with van der Waals surface area (Å²) in [5.74, 6) is 1.09. The number of aryl methyl sites for hydroxylation is 1. The van der Waals surface area contributed by atoms with E-state index in [1.165, 1.54) is 81.8 Å². The summed E-state index contributed by atoms with van der Waals surface area (Å²) in [5, 5.41) is 0.195. The van der Waals surface area contributed by atoms with Crippen LogP contribution >= 0.6 is 11.6 Å². The molecule has 1 aromatic carbocycles. The number of fused-ring (bicyclic) bond motifs is 1. The zero-order chi connectivity index (χ0) is 16.8. The first-order chi connectivity index (χ1) is 11.7. The van der Waals surface area contributed by atoms with Crippen molar-refractivity contribution in [3.05, 3.63) is 29.3 Å². The van der Waals surface area contributed by atoms with Crippen molar-refractivity contribution in [1.29, 1.82) is 0 Å². The fourth-order valence-electron chi connectivity index (χ4n) is 4.52. The van der Waals surface area contributed by atoms with Crippen molar-refractivity contribution < 1.29 is 4.74 Å². The molecular formula is C22H33ClO. The molecule has 1 saturated carbocycles. The third kappa shape index (κ3) is 4.91. The Morgan fingerprint density at radius 1 is 0.917 bits per heavy atom. The van der Waals surface area contributed by atoms with Crippen molar-refractivity contribution in [3.8, 4) is 5.75 Å². The number of rotatable bonds is 0. The van der Waals surface area contributed by atoms with Crippen LogP contribution in [0, 0.1) is 6.92 Å². The van der Waals surface area contributed by atoms with Crippen molar-refractivity contribution >= 4 is 11.6 Å². The van der Waals surface area contributed by atoms with E-state index in [0.29, 0.717) is 0 Å². The molecule has 2 aliphatic rings. The maximum atomic E-state index is 6.77. The lowest BCUT2D eigenvalue weighted by Gasteiger charge is -2.35. The van der Waals surface area contributed by atoms with Gasteiger partial charge in [0.25, 0.3) is 0 Å². The lowest BCUT2D eigenvalue weighted by Crippen LogP contribution is -2.38. The van der Waals surface area contributed by atoms with E-state index in [4.69, 9.17) is 16.3 Å². The molecule has 1 atom stereocenters. The molecule has 1 heterocycles. The summed E-state index contributed by atoms with van der Waals surface area (Å²) in [6.07, 6.45) is 16.6. The lowest BCUT2D eigenvalue weighted by atomic mass is 9.84. The minimum absolute atomic E-state index is 0.0356. The van der Waals surface area contributed by atoms with Crippen LogP contribution < -0.4 is 4.74 Å². The molecule has 24 heavy (non-hydrogen) atoms. The van der Waals surface area contributed by atoms with Crippen LogP contribution in [0.25, 0.3) is 0 Å². The Labute approximate surface area is 153 Å². The first kappa shape index (κ1) is 18.1. The summed E-state index contributed by atoms with van der Waals surface area (Å²) in [5.41, 5.74) is 2.57. The molecule has 1 aromatic rings. The summed E-state index contributed by atoms with van der Waals surface area (Å²) in [6.45, 7) is 2.15. The van der Waals surface area contributed by atoms with Gasteiger partial charge in [-0.15, -0.1) is 11.6 Å². The molecule has 2 heteroatoms. The van der Waals surface area contributed by atoms with Gasteiger partial charge in [0, 0.05) is 11.8 Å². The Morgan fingerprint density at radius 2 is 1.50 bits per heavy atom. The third-order valence-corrected chi connectivity index (χ3v) is 6.15. The monoisotopic (exact) mass is 348 g/mol. The molecule has 0 aromatic heterocycles. The topological polar surface area (TPSA) is 9.23 Å². The SMILES string of the molecule is Cc1ccc2c(c1)CC(Cl)CC1(CCCCCCCCCCC1)O2. The van der Waals surface area contributed by atoms with Gasteiger partial charge >= 0.3 is 0 Å². The number of hydrogen-bond acceptors (Lipinski definition) is 1. The number of ether oxygens (including phenoxy) is 1. The van der Waals surface area contributed by atoms with Gasteiger partial charge in [-0.1, -0.05) is 62.6 Å². The van der Waals surface area contributed by atoms with Crippen molar-refractivity contribution in [1.82, 2.24) is 0 Å². The van der Waals surface area contributed by atoms with Crippen molar-refractivity contribution in [3.63, 3.8) is 0 Å². The van der Waals surface area contributed by atoms with Crippen LogP contribution in [-0.2, 0) is 6.42 Å². The second-order valence-corrected chi connectivity index (χ2v) is 8.70. The molecule has 0 bridgehead atoms. The molecule has 1 spiro atoms. The highest BCUT2D eigenvalue weighted by molar-refractivity contribution is 6.20. The summed E-state index contributed by atoms with van der Waals surface area (Å²) < 4.78 is 6.73. The maximum Gasteiger partial charge on any atom is 0.123 e. The minimum atomic E-state index is -0.0356. The van der Waals surface area contributed by atoms with E-state index in [1.807, 2.05) is 0 Å². The average Bonchev–Trinajstić information content (AvgIpc) is 2.66. The second-order valence-electron chi connectivity index (χ2n) is 8.08. The molecule has 3 rings (SSSR count). The predicted octanol–water partition coefficient (Wildman–Crippen LogP) is 6.97. The van der Waals surface area contributed by atoms with Crippen LogP contribution in [0.1, 0.15) is 88.2 Å². The van der Waals surface area contributed by atoms with Crippen molar-refractivity contribution in [2.75, 3.05) is 0 Å². The molecular weight excluding hydrogens is 316 g/mol. The van der Waals surface area contributed by atoms with E-state index in [1.54, 1.807) is 0 Å². The van der Waals surface area contributed by atoms with E-state index in [9.17, 15) is 0 Å². The first-order valence-electron chi connectivity index (χ1n) is 10.1. The van der Waals surface area contributed by atoms with Gasteiger partial charge in [0.15, 0.2) is 0 Å². The van der Waals surface area contributed by atoms with Gasteiger partial charge in [0.2, 0.25) is 0 Å². The average molecular weight is 349 g/mol. The largest absolute Gasteiger partial charge is 0.487 e. The van der Waals surface area contributed by atoms with Gasteiger partial charge in [-0.3, -0.25) is 0 Å². The summed E-state index contributed by atoms with van der Waals surface area (Å²) >= 11 is 6.77. The molecule has 1 aliphatic carbocycles. The van der Waals surface area contributed by atoms with Crippen LogP contribution in [0.3, 0.4) is 0 Å². The van der Waals surface area contributed by atoms with E-state index < -0.39 is 0 Å². The van der Waals surface area contributed by atoms with E-state index in [0.717, 1.165) is 18.6 Å². The van der Waals surface area contributed by atoms with E-state index in [-0.39, 0.29) is 11.0 Å². The van der Waals surface area contributed by atoms with Gasteiger partial charge < -0.3 is 4.74 Å². The Morgan fingerprint density at radius 3 is 2.12 bits per heavy atom. The minimum Gasteiger partial charge on any atom is -0.487 e. The highest BCUT2D eigenvalue weighted by Gasteiger charge is 2.37. The zero-order valence-corrected chi connectivity index (χ0v) is 16.0. The van der Waals surface area contributed by atoms with Crippen molar-refractivity contribution in [2.45, 2.75) is 101 Å².